The van der Waals surface area contributed by atoms with Crippen LogP contribution in [0, 0.1) is 5.92 Å². The smallest absolute Gasteiger partial charge is 0.230 e. The first-order valence-corrected chi connectivity index (χ1v) is 10.2. The Bertz CT molecular complexity index is 432. The Labute approximate surface area is 168 Å². The maximum Gasteiger partial charge on any atom is 0.230 e. The lowest BCUT2D eigenvalue weighted by Crippen LogP contribution is -2.42. The minimum absolute atomic E-state index is 0.0857. The summed E-state index contributed by atoms with van der Waals surface area (Å²) in [4.78, 5) is 28.1. The van der Waals surface area contributed by atoms with Crippen LogP contribution in [0.1, 0.15) is 45.4 Å². The fourth-order valence-electron chi connectivity index (χ4n) is 2.92. The molecule has 8 heteroatoms. The number of carbonyl (C=O) groups is 2. The van der Waals surface area contributed by atoms with Gasteiger partial charge in [0.05, 0.1) is 32.3 Å². The molecule has 0 spiro atoms. The molecule has 0 saturated carbocycles. The second-order valence-corrected chi connectivity index (χ2v) is 6.69. The molecule has 0 saturated heterocycles. The van der Waals surface area contributed by atoms with Gasteiger partial charge in [0.1, 0.15) is 0 Å². The van der Waals surface area contributed by atoms with E-state index in [-0.39, 0.29) is 70.8 Å². The van der Waals surface area contributed by atoms with Crippen LogP contribution in [-0.4, -0.2) is 94.6 Å². The van der Waals surface area contributed by atoms with Gasteiger partial charge in [0.15, 0.2) is 0 Å². The molecule has 0 bridgehead atoms. The summed E-state index contributed by atoms with van der Waals surface area (Å²) in [6.07, 6.45) is 8.78. The van der Waals surface area contributed by atoms with Gasteiger partial charge in [0.25, 0.3) is 0 Å². The first-order valence-electron chi connectivity index (χ1n) is 10.2. The van der Waals surface area contributed by atoms with Gasteiger partial charge in [-0.05, 0) is 12.8 Å². The van der Waals surface area contributed by atoms with E-state index < -0.39 is 5.92 Å². The van der Waals surface area contributed by atoms with Crippen LogP contribution in [0.2, 0.25) is 0 Å². The second-order valence-electron chi connectivity index (χ2n) is 6.69. The molecule has 8 nitrogen and oxygen atoms in total. The zero-order valence-corrected chi connectivity index (χ0v) is 17.1. The molecule has 0 rings (SSSR count). The lowest BCUT2D eigenvalue weighted by Gasteiger charge is -2.27. The fraction of sp³-hybridized carbons (Fsp3) is 0.800. The van der Waals surface area contributed by atoms with Crippen molar-refractivity contribution >= 4 is 11.8 Å². The lowest BCUT2D eigenvalue weighted by atomic mass is 10.0. The standard InChI is InChI=1S/C20H38N2O6/c1-2-3-4-5-6-7-8-18(20(28)22(11-15-25)12-16-26)17-19(27)21(9-13-23)10-14-24/h7-8,18,23-26H,2-6,9-17H2,1H3. The van der Waals surface area contributed by atoms with E-state index in [2.05, 4.69) is 6.92 Å². The molecule has 0 aromatic heterocycles. The average Bonchev–Trinajstić information content (AvgIpc) is 2.68. The molecule has 1 unspecified atom stereocenters. The van der Waals surface area contributed by atoms with Gasteiger partial charge in [0, 0.05) is 32.6 Å². The highest BCUT2D eigenvalue weighted by molar-refractivity contribution is 5.87. The van der Waals surface area contributed by atoms with Crippen molar-refractivity contribution in [2.75, 3.05) is 52.6 Å². The Morgan fingerprint density at radius 1 is 0.821 bits per heavy atom. The predicted molar refractivity (Wildman–Crippen MR) is 108 cm³/mol. The van der Waals surface area contributed by atoms with E-state index in [9.17, 15) is 19.8 Å². The number of hydrogen-bond donors (Lipinski definition) is 4. The highest BCUT2D eigenvalue weighted by Crippen LogP contribution is 2.14. The molecule has 0 aromatic rings. The number of hydrogen-bond acceptors (Lipinski definition) is 6. The monoisotopic (exact) mass is 402 g/mol. The summed E-state index contributed by atoms with van der Waals surface area (Å²) < 4.78 is 0. The molecule has 2 amide bonds. The van der Waals surface area contributed by atoms with E-state index in [1.54, 1.807) is 6.08 Å². The van der Waals surface area contributed by atoms with Crippen molar-refractivity contribution < 1.29 is 30.0 Å². The molecule has 0 aliphatic carbocycles. The van der Waals surface area contributed by atoms with Crippen LogP contribution in [0.4, 0.5) is 0 Å². The highest BCUT2D eigenvalue weighted by atomic mass is 16.3. The average molecular weight is 403 g/mol. The van der Waals surface area contributed by atoms with Gasteiger partial charge in [-0.25, -0.2) is 0 Å². The molecule has 1 atom stereocenters. The normalized spacial score (nSPS) is 12.3. The van der Waals surface area contributed by atoms with Crippen LogP contribution < -0.4 is 0 Å². The van der Waals surface area contributed by atoms with E-state index >= 15 is 0 Å². The van der Waals surface area contributed by atoms with Crippen molar-refractivity contribution in [3.8, 4) is 0 Å². The van der Waals surface area contributed by atoms with Gasteiger partial charge >= 0.3 is 0 Å². The van der Waals surface area contributed by atoms with E-state index in [0.717, 1.165) is 32.1 Å². The maximum atomic E-state index is 12.8. The minimum atomic E-state index is -0.711. The molecule has 0 fully saturated rings. The van der Waals surface area contributed by atoms with Crippen molar-refractivity contribution in [2.45, 2.75) is 45.4 Å². The Kier molecular flexibility index (Phi) is 16.7. The number of nitrogens with zero attached hydrogens (tertiary/aromatic N) is 2. The van der Waals surface area contributed by atoms with Crippen molar-refractivity contribution in [3.63, 3.8) is 0 Å². The van der Waals surface area contributed by atoms with Crippen molar-refractivity contribution in [2.24, 2.45) is 5.92 Å². The van der Waals surface area contributed by atoms with Gasteiger partial charge in [0.2, 0.25) is 11.8 Å². The molecule has 0 radical (unpaired) electrons. The molecule has 28 heavy (non-hydrogen) atoms. The number of unbranched alkanes of at least 4 members (excludes halogenated alkanes) is 4. The van der Waals surface area contributed by atoms with E-state index in [1.807, 2.05) is 6.08 Å². The van der Waals surface area contributed by atoms with Gasteiger partial charge in [-0.3, -0.25) is 9.59 Å². The highest BCUT2D eigenvalue weighted by Gasteiger charge is 2.26. The van der Waals surface area contributed by atoms with Crippen molar-refractivity contribution in [1.29, 1.82) is 0 Å². The fourth-order valence-corrected chi connectivity index (χ4v) is 2.92. The Balaban J connectivity index is 5.15. The molecule has 164 valence electrons. The number of allylic oxidation sites excluding steroid dienone is 1. The largest absolute Gasteiger partial charge is 0.395 e. The van der Waals surface area contributed by atoms with Gasteiger partial charge in [-0.2, -0.15) is 0 Å². The zero-order valence-electron chi connectivity index (χ0n) is 17.1. The summed E-state index contributed by atoms with van der Waals surface area (Å²) in [7, 11) is 0. The molecule has 0 aliphatic rings. The van der Waals surface area contributed by atoms with Gasteiger partial charge in [-0.1, -0.05) is 38.3 Å². The van der Waals surface area contributed by atoms with E-state index in [0.29, 0.717) is 0 Å². The molecule has 0 aromatic carbocycles. The van der Waals surface area contributed by atoms with Crippen LogP contribution in [0.5, 0.6) is 0 Å². The van der Waals surface area contributed by atoms with Crippen LogP contribution in [0.3, 0.4) is 0 Å². The summed E-state index contributed by atoms with van der Waals surface area (Å²) >= 11 is 0. The van der Waals surface area contributed by atoms with Crippen LogP contribution in [-0.2, 0) is 9.59 Å². The zero-order chi connectivity index (χ0) is 21.2. The summed E-state index contributed by atoms with van der Waals surface area (Å²) in [5, 5.41) is 36.6. The third-order valence-corrected chi connectivity index (χ3v) is 4.45. The second kappa shape index (κ2) is 17.6. The van der Waals surface area contributed by atoms with Crippen LogP contribution in [0.15, 0.2) is 12.2 Å². The van der Waals surface area contributed by atoms with Gasteiger partial charge < -0.3 is 30.2 Å². The molecular formula is C20H38N2O6. The van der Waals surface area contributed by atoms with Crippen LogP contribution >= 0.6 is 0 Å². The van der Waals surface area contributed by atoms with Crippen molar-refractivity contribution in [1.82, 2.24) is 9.80 Å². The molecule has 0 aliphatic heterocycles. The Morgan fingerprint density at radius 2 is 1.36 bits per heavy atom. The quantitative estimate of drug-likeness (QED) is 0.203. The summed E-state index contributed by atoms with van der Waals surface area (Å²) in [6, 6.07) is 0. The first-order chi connectivity index (χ1) is 13.5. The first kappa shape index (κ1) is 26.5. The third kappa shape index (κ3) is 11.4. The van der Waals surface area contributed by atoms with Crippen LogP contribution in [0.25, 0.3) is 0 Å². The molecular weight excluding hydrogens is 364 g/mol. The van der Waals surface area contributed by atoms with E-state index in [4.69, 9.17) is 10.2 Å². The number of aliphatic hydroxyl groups is 4. The number of carbonyl (C=O) groups excluding carboxylic acids is 2. The minimum Gasteiger partial charge on any atom is -0.395 e. The maximum absolute atomic E-state index is 12.8. The Hall–Kier alpha value is -1.48. The molecule has 0 heterocycles. The number of aliphatic hydroxyl groups excluding tert-OH is 4. The lowest BCUT2D eigenvalue weighted by molar-refractivity contribution is -0.140. The Morgan fingerprint density at radius 3 is 1.86 bits per heavy atom. The summed E-state index contributed by atoms with van der Waals surface area (Å²) in [5.41, 5.74) is 0. The van der Waals surface area contributed by atoms with E-state index in [1.165, 1.54) is 9.80 Å². The summed E-state index contributed by atoms with van der Waals surface area (Å²) in [5.74, 6) is -1.36. The topological polar surface area (TPSA) is 122 Å². The number of amides is 2. The molecule has 4 N–H and O–H groups in total. The van der Waals surface area contributed by atoms with Gasteiger partial charge in [-0.15, -0.1) is 0 Å². The third-order valence-electron chi connectivity index (χ3n) is 4.45. The SMILES string of the molecule is CCCCCCC=CC(CC(=O)N(CCO)CCO)C(=O)N(CCO)CCO. The number of rotatable bonds is 17. The summed E-state index contributed by atoms with van der Waals surface area (Å²) in [6.45, 7) is 1.60. The predicted octanol–water partition coefficient (Wildman–Crippen LogP) is 0.146. The van der Waals surface area contributed by atoms with Crippen molar-refractivity contribution in [3.05, 3.63) is 12.2 Å².